The van der Waals surface area contributed by atoms with E-state index in [4.69, 9.17) is 0 Å². The number of hydrogen-bond donors (Lipinski definition) is 1. The molecule has 0 radical (unpaired) electrons. The van der Waals surface area contributed by atoms with E-state index in [9.17, 15) is 5.26 Å². The lowest BCUT2D eigenvalue weighted by Gasteiger charge is -2.42. The molecule has 1 saturated heterocycles. The first-order valence-electron chi connectivity index (χ1n) is 9.16. The van der Waals surface area contributed by atoms with Crippen LogP contribution in [0.15, 0.2) is 0 Å². The molecule has 4 aliphatic rings. The van der Waals surface area contributed by atoms with Gasteiger partial charge in [-0.15, -0.1) is 0 Å². The van der Waals surface area contributed by atoms with Crippen molar-refractivity contribution in [2.24, 2.45) is 5.41 Å². The molecule has 3 saturated carbocycles. The normalized spacial score (nSPS) is 39.7. The second-order valence-electron chi connectivity index (χ2n) is 8.25. The molecule has 0 aromatic heterocycles. The van der Waals surface area contributed by atoms with Crippen LogP contribution in [0.4, 0.5) is 0 Å². The molecule has 3 nitrogen and oxygen atoms in total. The summed E-state index contributed by atoms with van der Waals surface area (Å²) in [6.45, 7) is 2.57. The zero-order chi connectivity index (χ0) is 14.3. The summed E-state index contributed by atoms with van der Waals surface area (Å²) >= 11 is 0. The Morgan fingerprint density at radius 3 is 2.29 bits per heavy atom. The summed E-state index contributed by atoms with van der Waals surface area (Å²) in [6, 6.07) is 3.94. The van der Waals surface area contributed by atoms with E-state index in [-0.39, 0.29) is 5.54 Å². The molecule has 0 bridgehead atoms. The summed E-state index contributed by atoms with van der Waals surface area (Å²) in [5, 5.41) is 13.3. The van der Waals surface area contributed by atoms with Gasteiger partial charge in [0.1, 0.15) is 5.54 Å². The van der Waals surface area contributed by atoms with Crippen LogP contribution in [0.1, 0.15) is 70.6 Å². The average molecular weight is 287 g/mol. The van der Waals surface area contributed by atoms with Gasteiger partial charge in [-0.1, -0.05) is 12.8 Å². The van der Waals surface area contributed by atoms with Crippen molar-refractivity contribution in [3.05, 3.63) is 0 Å². The van der Waals surface area contributed by atoms with Gasteiger partial charge in [0.15, 0.2) is 0 Å². The Morgan fingerprint density at radius 1 is 0.952 bits per heavy atom. The minimum atomic E-state index is -0.200. The average Bonchev–Trinajstić information content (AvgIpc) is 3.04. The molecule has 3 aliphatic carbocycles. The maximum absolute atomic E-state index is 9.65. The van der Waals surface area contributed by atoms with Gasteiger partial charge < -0.3 is 4.90 Å². The van der Waals surface area contributed by atoms with Gasteiger partial charge in [0.05, 0.1) is 6.07 Å². The summed E-state index contributed by atoms with van der Waals surface area (Å²) in [6.07, 6.45) is 14.6. The number of rotatable bonds is 3. The lowest BCUT2D eigenvalue weighted by atomic mass is 9.76. The molecular weight excluding hydrogens is 258 g/mol. The van der Waals surface area contributed by atoms with E-state index >= 15 is 0 Å². The van der Waals surface area contributed by atoms with Gasteiger partial charge in [-0.25, -0.2) is 0 Å². The maximum atomic E-state index is 9.65. The van der Waals surface area contributed by atoms with E-state index in [1.807, 2.05) is 0 Å². The fourth-order valence-corrected chi connectivity index (χ4v) is 5.20. The second kappa shape index (κ2) is 5.25. The van der Waals surface area contributed by atoms with Crippen LogP contribution in [-0.2, 0) is 0 Å². The lowest BCUT2D eigenvalue weighted by molar-refractivity contribution is 0.0758. The molecule has 1 spiro atoms. The lowest BCUT2D eigenvalue weighted by Crippen LogP contribution is -2.47. The monoisotopic (exact) mass is 287 g/mol. The van der Waals surface area contributed by atoms with Crippen LogP contribution in [0.5, 0.6) is 0 Å². The number of nitrogens with one attached hydrogen (secondary N) is 1. The van der Waals surface area contributed by atoms with Crippen molar-refractivity contribution in [2.45, 2.75) is 88.3 Å². The van der Waals surface area contributed by atoms with Crippen LogP contribution in [0.3, 0.4) is 0 Å². The number of likely N-dealkylation sites (tertiary alicyclic amines) is 1. The molecule has 2 unspecified atom stereocenters. The minimum absolute atomic E-state index is 0.200. The third-order valence-corrected chi connectivity index (χ3v) is 6.80. The van der Waals surface area contributed by atoms with Gasteiger partial charge in [-0.2, -0.15) is 5.26 Å². The third-order valence-electron chi connectivity index (χ3n) is 6.80. The zero-order valence-corrected chi connectivity index (χ0v) is 13.2. The van der Waals surface area contributed by atoms with E-state index in [1.54, 1.807) is 0 Å². The topological polar surface area (TPSA) is 39.1 Å². The highest BCUT2D eigenvalue weighted by atomic mass is 15.2. The highest BCUT2D eigenvalue weighted by Gasteiger charge is 2.46. The Hall–Kier alpha value is -0.590. The molecule has 4 fully saturated rings. The molecule has 116 valence electrons. The Morgan fingerprint density at radius 2 is 1.67 bits per heavy atom. The van der Waals surface area contributed by atoms with Gasteiger partial charge in [-0.3, -0.25) is 5.32 Å². The fraction of sp³-hybridized carbons (Fsp3) is 0.944. The standard InChI is InChI=1S/C18H29N3/c19-14-18(20-15-3-4-15)8-5-16(13-18)21-11-9-17(10-12-21)6-1-2-7-17/h15-16,20H,1-13H2. The summed E-state index contributed by atoms with van der Waals surface area (Å²) in [7, 11) is 0. The van der Waals surface area contributed by atoms with Gasteiger partial charge in [-0.05, 0) is 76.3 Å². The Balaban J connectivity index is 1.34. The fourth-order valence-electron chi connectivity index (χ4n) is 5.20. The first-order valence-corrected chi connectivity index (χ1v) is 9.16. The number of hydrogen-bond acceptors (Lipinski definition) is 3. The molecule has 0 aromatic rings. The van der Waals surface area contributed by atoms with Gasteiger partial charge >= 0.3 is 0 Å². The van der Waals surface area contributed by atoms with Gasteiger partial charge in [0.2, 0.25) is 0 Å². The first kappa shape index (κ1) is 14.0. The van der Waals surface area contributed by atoms with Gasteiger partial charge in [0, 0.05) is 12.1 Å². The van der Waals surface area contributed by atoms with E-state index in [2.05, 4.69) is 16.3 Å². The summed E-state index contributed by atoms with van der Waals surface area (Å²) in [5.74, 6) is 0. The molecule has 0 amide bonds. The van der Waals surface area contributed by atoms with Crippen molar-refractivity contribution < 1.29 is 0 Å². The van der Waals surface area contributed by atoms with E-state index in [1.165, 1.54) is 70.9 Å². The van der Waals surface area contributed by atoms with E-state index < -0.39 is 0 Å². The molecule has 1 heterocycles. The quantitative estimate of drug-likeness (QED) is 0.866. The predicted octanol–water partition coefficient (Wildman–Crippen LogP) is 3.21. The molecule has 1 N–H and O–H groups in total. The van der Waals surface area contributed by atoms with Gasteiger partial charge in [0.25, 0.3) is 0 Å². The summed E-state index contributed by atoms with van der Waals surface area (Å²) in [4.78, 5) is 2.72. The van der Waals surface area contributed by atoms with Crippen LogP contribution < -0.4 is 5.32 Å². The molecule has 4 rings (SSSR count). The van der Waals surface area contributed by atoms with Crippen LogP contribution in [0.25, 0.3) is 0 Å². The second-order valence-corrected chi connectivity index (χ2v) is 8.25. The molecule has 1 aliphatic heterocycles. The highest BCUT2D eigenvalue weighted by molar-refractivity contribution is 5.15. The van der Waals surface area contributed by atoms with Crippen molar-refractivity contribution in [3.63, 3.8) is 0 Å². The van der Waals surface area contributed by atoms with E-state index in [0.29, 0.717) is 17.5 Å². The summed E-state index contributed by atoms with van der Waals surface area (Å²) < 4.78 is 0. The van der Waals surface area contributed by atoms with E-state index in [0.717, 1.165) is 12.8 Å². The smallest absolute Gasteiger partial charge is 0.108 e. The molecular formula is C18H29N3. The number of piperidine rings is 1. The Labute approximate surface area is 129 Å². The first-order chi connectivity index (χ1) is 10.2. The van der Waals surface area contributed by atoms with Crippen LogP contribution in [0.2, 0.25) is 0 Å². The summed E-state index contributed by atoms with van der Waals surface area (Å²) in [5.41, 5.74) is 0.516. The van der Waals surface area contributed by atoms with Crippen molar-refractivity contribution >= 4 is 0 Å². The predicted molar refractivity (Wildman–Crippen MR) is 83.8 cm³/mol. The molecule has 2 atom stereocenters. The van der Waals surface area contributed by atoms with Crippen LogP contribution >= 0.6 is 0 Å². The Bertz CT molecular complexity index is 420. The largest absolute Gasteiger partial charge is 0.300 e. The molecule has 3 heteroatoms. The van der Waals surface area contributed by atoms with Crippen molar-refractivity contribution in [1.29, 1.82) is 5.26 Å². The van der Waals surface area contributed by atoms with Crippen LogP contribution in [0, 0.1) is 16.7 Å². The number of nitrogens with zero attached hydrogens (tertiary/aromatic N) is 2. The van der Waals surface area contributed by atoms with Crippen molar-refractivity contribution in [3.8, 4) is 6.07 Å². The van der Waals surface area contributed by atoms with Crippen molar-refractivity contribution in [2.75, 3.05) is 13.1 Å². The maximum Gasteiger partial charge on any atom is 0.108 e. The van der Waals surface area contributed by atoms with Crippen molar-refractivity contribution in [1.82, 2.24) is 10.2 Å². The highest BCUT2D eigenvalue weighted by Crippen LogP contribution is 2.47. The zero-order valence-electron chi connectivity index (χ0n) is 13.2. The third kappa shape index (κ3) is 2.73. The Kier molecular flexibility index (Phi) is 3.51. The SMILES string of the molecule is N#CC1(NC2CC2)CCC(N2CCC3(CCCC3)CC2)C1. The molecule has 21 heavy (non-hydrogen) atoms. The molecule has 0 aromatic carbocycles. The number of nitriles is 1. The minimum Gasteiger partial charge on any atom is -0.300 e. The van der Waals surface area contributed by atoms with Crippen LogP contribution in [-0.4, -0.2) is 35.6 Å².